The van der Waals surface area contributed by atoms with Crippen LogP contribution in [0.1, 0.15) is 64.9 Å². The number of benzene rings is 2. The number of carbonyl (C=O) groups excluding carboxylic acids is 2. The van der Waals surface area contributed by atoms with Crippen molar-refractivity contribution in [1.29, 1.82) is 0 Å². The molecule has 0 spiro atoms. The molecule has 10 heteroatoms. The lowest BCUT2D eigenvalue weighted by atomic mass is 9.65. The smallest absolute Gasteiger partial charge is 0.265 e. The predicted octanol–water partition coefficient (Wildman–Crippen LogP) is 6.90. The van der Waals surface area contributed by atoms with E-state index in [0.717, 1.165) is 6.07 Å². The van der Waals surface area contributed by atoms with Gasteiger partial charge in [0.2, 0.25) is 0 Å². The standard InChI is InChI=1S/C29H29Cl2NO6S/c1-28(2)11-19(33)25-21(13-28)38-22-14-29(3,4)12-20(34)26(22)24(25)15-6-5-7-17(8-15)32-39(36,37)23-10-16(30)9-18(31)27(23)35/h5-10,24,32,35H,11-14H2,1-4H3. The molecule has 0 atom stereocenters. The van der Waals surface area contributed by atoms with Gasteiger partial charge in [-0.3, -0.25) is 14.3 Å². The van der Waals surface area contributed by atoms with E-state index in [-0.39, 0.29) is 38.1 Å². The van der Waals surface area contributed by atoms with Crippen molar-refractivity contribution in [2.24, 2.45) is 10.8 Å². The number of nitrogens with one attached hydrogen (secondary N) is 1. The topological polar surface area (TPSA) is 110 Å². The zero-order valence-electron chi connectivity index (χ0n) is 22.0. The number of rotatable bonds is 4. The second kappa shape index (κ2) is 9.39. The van der Waals surface area contributed by atoms with Gasteiger partial charge >= 0.3 is 0 Å². The fourth-order valence-corrected chi connectivity index (χ4v) is 7.55. The molecule has 0 aromatic heterocycles. The normalized spacial score (nSPS) is 20.9. The molecule has 3 aliphatic rings. The summed E-state index contributed by atoms with van der Waals surface area (Å²) >= 11 is 11.9. The molecule has 2 N–H and O–H groups in total. The number of Topliss-reactive ketones (excluding diaryl/α,β-unsaturated/α-hetero) is 2. The number of ether oxygens (including phenoxy) is 1. The monoisotopic (exact) mass is 589 g/mol. The van der Waals surface area contributed by atoms with Crippen LogP contribution < -0.4 is 4.72 Å². The van der Waals surface area contributed by atoms with E-state index in [0.29, 0.717) is 53.9 Å². The maximum atomic E-state index is 13.5. The number of phenolic OH excluding ortho intramolecular Hbond substituents is 1. The lowest BCUT2D eigenvalue weighted by Crippen LogP contribution is -2.37. The Kier molecular flexibility index (Phi) is 6.68. The van der Waals surface area contributed by atoms with Crippen molar-refractivity contribution in [2.75, 3.05) is 4.72 Å². The zero-order chi connectivity index (χ0) is 28.5. The van der Waals surface area contributed by atoms with Crippen LogP contribution in [0.25, 0.3) is 0 Å². The Morgan fingerprint density at radius 1 is 0.897 bits per heavy atom. The van der Waals surface area contributed by atoms with E-state index >= 15 is 0 Å². The number of carbonyl (C=O) groups is 2. The Morgan fingerprint density at radius 2 is 1.46 bits per heavy atom. The maximum Gasteiger partial charge on any atom is 0.265 e. The number of allylic oxidation sites excluding steroid dienone is 4. The third kappa shape index (κ3) is 5.22. The van der Waals surface area contributed by atoms with E-state index in [4.69, 9.17) is 27.9 Å². The molecule has 5 rings (SSSR count). The van der Waals surface area contributed by atoms with Crippen LogP contribution in [0.15, 0.2) is 64.0 Å². The Bertz CT molecular complexity index is 1550. The van der Waals surface area contributed by atoms with Crippen LogP contribution in [0.5, 0.6) is 5.75 Å². The Labute approximate surface area is 237 Å². The van der Waals surface area contributed by atoms with Crippen molar-refractivity contribution in [3.63, 3.8) is 0 Å². The van der Waals surface area contributed by atoms with Gasteiger partial charge in [-0.2, -0.15) is 0 Å². The predicted molar refractivity (Wildman–Crippen MR) is 149 cm³/mol. The third-order valence-corrected chi connectivity index (χ3v) is 9.24. The number of aromatic hydroxyl groups is 1. The number of sulfonamides is 1. The van der Waals surface area contributed by atoms with Gasteiger partial charge in [0.25, 0.3) is 10.0 Å². The van der Waals surface area contributed by atoms with Crippen LogP contribution in [0, 0.1) is 10.8 Å². The van der Waals surface area contributed by atoms with E-state index in [2.05, 4.69) is 4.72 Å². The molecule has 0 bridgehead atoms. The van der Waals surface area contributed by atoms with Crippen molar-refractivity contribution >= 4 is 50.5 Å². The van der Waals surface area contributed by atoms with E-state index in [1.807, 2.05) is 27.7 Å². The third-order valence-electron chi connectivity index (χ3n) is 7.34. The molecule has 0 radical (unpaired) electrons. The van der Waals surface area contributed by atoms with Gasteiger partial charge in [-0.05, 0) is 40.7 Å². The van der Waals surface area contributed by atoms with Gasteiger partial charge in [0.05, 0.1) is 5.02 Å². The molecule has 0 saturated carbocycles. The van der Waals surface area contributed by atoms with Crippen LogP contribution in [0.4, 0.5) is 5.69 Å². The van der Waals surface area contributed by atoms with Gasteiger partial charge in [-0.15, -0.1) is 0 Å². The summed E-state index contributed by atoms with van der Waals surface area (Å²) in [5.41, 5.74) is 1.12. The van der Waals surface area contributed by atoms with Crippen LogP contribution in [-0.4, -0.2) is 25.1 Å². The summed E-state index contributed by atoms with van der Waals surface area (Å²) < 4.78 is 35.1. The molecule has 7 nitrogen and oxygen atoms in total. The summed E-state index contributed by atoms with van der Waals surface area (Å²) in [4.78, 5) is 26.5. The van der Waals surface area contributed by atoms with Crippen LogP contribution in [0.2, 0.25) is 10.0 Å². The second-order valence-electron chi connectivity index (χ2n) is 12.1. The molecule has 1 aliphatic heterocycles. The fraction of sp³-hybridized carbons (Fsp3) is 0.379. The van der Waals surface area contributed by atoms with Gasteiger partial charge in [-0.1, -0.05) is 63.0 Å². The molecular formula is C29H29Cl2NO6S. The molecule has 0 fully saturated rings. The zero-order valence-corrected chi connectivity index (χ0v) is 24.4. The van der Waals surface area contributed by atoms with Crippen LogP contribution in [0.3, 0.4) is 0 Å². The molecule has 0 unspecified atom stereocenters. The van der Waals surface area contributed by atoms with Gasteiger partial charge < -0.3 is 9.84 Å². The minimum atomic E-state index is -4.29. The number of phenols is 1. The quantitative estimate of drug-likeness (QED) is 0.401. The average Bonchev–Trinajstić information content (AvgIpc) is 2.78. The minimum Gasteiger partial charge on any atom is -0.505 e. The summed E-state index contributed by atoms with van der Waals surface area (Å²) in [6.45, 7) is 8.05. The summed E-state index contributed by atoms with van der Waals surface area (Å²) in [6, 6.07) is 8.92. The number of anilines is 1. The second-order valence-corrected chi connectivity index (χ2v) is 14.6. The van der Waals surface area contributed by atoms with Crippen molar-refractivity contribution in [3.05, 3.63) is 74.7 Å². The molecule has 1 heterocycles. The average molecular weight is 591 g/mol. The summed E-state index contributed by atoms with van der Waals surface area (Å²) in [6.07, 6.45) is 1.73. The molecule has 0 amide bonds. The van der Waals surface area contributed by atoms with Gasteiger partial charge in [0.1, 0.15) is 16.4 Å². The molecule has 0 saturated heterocycles. The highest BCUT2D eigenvalue weighted by Crippen LogP contribution is 2.53. The number of hydrogen-bond acceptors (Lipinski definition) is 6. The molecular weight excluding hydrogens is 561 g/mol. The number of hydrogen-bond donors (Lipinski definition) is 2. The van der Waals surface area contributed by atoms with Crippen molar-refractivity contribution in [1.82, 2.24) is 0 Å². The van der Waals surface area contributed by atoms with E-state index in [1.54, 1.807) is 24.3 Å². The highest BCUT2D eigenvalue weighted by atomic mass is 35.5. The summed E-state index contributed by atoms with van der Waals surface area (Å²) in [5.74, 6) is -0.302. The first-order chi connectivity index (χ1) is 18.1. The Hall–Kier alpha value is -2.81. The minimum absolute atomic E-state index is 0.0468. The summed E-state index contributed by atoms with van der Waals surface area (Å²) in [5, 5.41) is 10.1. The maximum absolute atomic E-state index is 13.5. The largest absolute Gasteiger partial charge is 0.505 e. The molecule has 2 aliphatic carbocycles. The Balaban J connectivity index is 1.61. The number of halogens is 2. The lowest BCUT2D eigenvalue weighted by molar-refractivity contribution is -0.120. The molecule has 2 aromatic carbocycles. The lowest BCUT2D eigenvalue weighted by Gasteiger charge is -2.42. The van der Waals surface area contributed by atoms with Gasteiger partial charge in [-0.25, -0.2) is 8.42 Å². The van der Waals surface area contributed by atoms with Crippen molar-refractivity contribution in [3.8, 4) is 5.75 Å². The van der Waals surface area contributed by atoms with E-state index in [1.165, 1.54) is 6.07 Å². The van der Waals surface area contributed by atoms with E-state index in [9.17, 15) is 23.1 Å². The van der Waals surface area contributed by atoms with Crippen molar-refractivity contribution < 1.29 is 27.9 Å². The number of ketones is 2. The highest BCUT2D eigenvalue weighted by Gasteiger charge is 2.47. The molecule has 39 heavy (non-hydrogen) atoms. The van der Waals surface area contributed by atoms with Gasteiger partial charge in [0.15, 0.2) is 17.3 Å². The van der Waals surface area contributed by atoms with Crippen LogP contribution in [-0.2, 0) is 24.3 Å². The van der Waals surface area contributed by atoms with Gasteiger partial charge in [0, 0.05) is 53.5 Å². The highest BCUT2D eigenvalue weighted by molar-refractivity contribution is 7.92. The molecule has 206 valence electrons. The van der Waals surface area contributed by atoms with Crippen molar-refractivity contribution in [2.45, 2.75) is 64.2 Å². The van der Waals surface area contributed by atoms with Crippen LogP contribution >= 0.6 is 23.2 Å². The summed E-state index contributed by atoms with van der Waals surface area (Å²) in [7, 11) is -4.29. The Morgan fingerprint density at radius 3 is 2.03 bits per heavy atom. The fourth-order valence-electron chi connectivity index (χ4n) is 5.75. The molecule has 2 aromatic rings. The SMILES string of the molecule is CC1(C)CC(=O)C2=C(C1)OC1=C(C(=O)CC(C)(C)C1)C2c1cccc(NS(=O)(=O)c2cc(Cl)cc(Cl)c2O)c1. The first-order valence-corrected chi connectivity index (χ1v) is 14.8. The first-order valence-electron chi connectivity index (χ1n) is 12.6. The first kappa shape index (κ1) is 27.7. The van der Waals surface area contributed by atoms with E-state index < -0.39 is 26.6 Å².